The molecule has 11 aromatic rings. The Kier molecular flexibility index (Phi) is 7.17. The van der Waals surface area contributed by atoms with Crippen molar-refractivity contribution in [3.63, 3.8) is 0 Å². The first-order valence-corrected chi connectivity index (χ1v) is 18.7. The van der Waals surface area contributed by atoms with Crippen LogP contribution >= 0.6 is 0 Å². The van der Waals surface area contributed by atoms with Crippen molar-refractivity contribution in [2.75, 3.05) is 4.90 Å². The number of hydrogen-bond acceptors (Lipinski definition) is 3. The molecule has 0 spiro atoms. The van der Waals surface area contributed by atoms with Gasteiger partial charge in [-0.05, 0) is 93.2 Å². The van der Waals surface area contributed by atoms with Crippen molar-refractivity contribution in [1.82, 2.24) is 0 Å². The van der Waals surface area contributed by atoms with Gasteiger partial charge in [0.1, 0.15) is 16.7 Å². The van der Waals surface area contributed by atoms with Gasteiger partial charge in [-0.3, -0.25) is 0 Å². The molecule has 0 fully saturated rings. The van der Waals surface area contributed by atoms with E-state index in [-0.39, 0.29) is 0 Å². The quantitative estimate of drug-likeness (QED) is 0.173. The Balaban J connectivity index is 1.08. The van der Waals surface area contributed by atoms with Gasteiger partial charge in [0.15, 0.2) is 5.58 Å². The van der Waals surface area contributed by atoms with Crippen molar-refractivity contribution >= 4 is 71.7 Å². The van der Waals surface area contributed by atoms with Gasteiger partial charge in [-0.25, -0.2) is 0 Å². The highest BCUT2D eigenvalue weighted by atomic mass is 16.3. The molecule has 3 nitrogen and oxygen atoms in total. The maximum Gasteiger partial charge on any atom is 0.160 e. The largest absolute Gasteiger partial charge is 0.456 e. The maximum absolute atomic E-state index is 6.82. The lowest BCUT2D eigenvalue weighted by molar-refractivity contribution is 0.669. The van der Waals surface area contributed by atoms with Crippen molar-refractivity contribution in [2.45, 2.75) is 0 Å². The minimum absolute atomic E-state index is 0.841. The monoisotopic (exact) mass is 703 g/mol. The average molecular weight is 704 g/mol. The molecule has 0 radical (unpaired) electrons. The fraction of sp³-hybridized carbons (Fsp3) is 0. The van der Waals surface area contributed by atoms with Crippen molar-refractivity contribution in [1.29, 1.82) is 0 Å². The minimum Gasteiger partial charge on any atom is -0.456 e. The van der Waals surface area contributed by atoms with Gasteiger partial charge in [0, 0.05) is 38.5 Å². The van der Waals surface area contributed by atoms with Crippen molar-refractivity contribution in [3.05, 3.63) is 200 Å². The van der Waals surface area contributed by atoms with Crippen LogP contribution < -0.4 is 4.90 Å². The van der Waals surface area contributed by atoms with Gasteiger partial charge >= 0.3 is 0 Å². The zero-order valence-corrected chi connectivity index (χ0v) is 29.8. The molecule has 0 atom stereocenters. The first-order valence-electron chi connectivity index (χ1n) is 18.7. The molecule has 0 saturated carbocycles. The van der Waals surface area contributed by atoms with E-state index in [1.54, 1.807) is 0 Å². The van der Waals surface area contributed by atoms with E-state index in [2.05, 4.69) is 187 Å². The summed E-state index contributed by atoms with van der Waals surface area (Å²) in [4.78, 5) is 2.35. The molecule has 0 aliphatic heterocycles. The lowest BCUT2D eigenvalue weighted by Gasteiger charge is -2.28. The van der Waals surface area contributed by atoms with E-state index in [1.165, 1.54) is 27.5 Å². The van der Waals surface area contributed by atoms with Gasteiger partial charge in [0.05, 0.1) is 5.69 Å². The number of para-hydroxylation sites is 2. The van der Waals surface area contributed by atoms with E-state index in [9.17, 15) is 0 Å². The van der Waals surface area contributed by atoms with E-state index in [4.69, 9.17) is 8.83 Å². The first-order chi connectivity index (χ1) is 27.2. The molecule has 0 aliphatic rings. The van der Waals surface area contributed by atoms with E-state index < -0.39 is 0 Å². The maximum atomic E-state index is 6.82. The standard InChI is InChI=1S/C52H33NO2/c1-2-11-38(12-3-1)43-29-30-46-44-14-6-9-17-49(44)55-52(46)51(43)53(42-28-31-50-47(33-42)45-15-7-8-16-48(45)54-50)41-26-24-36(25-27-41)35-18-20-37(21-19-35)40-23-22-34-10-4-5-13-39(34)32-40/h1-33H. The third-order valence-electron chi connectivity index (χ3n) is 10.9. The van der Waals surface area contributed by atoms with Crippen LogP contribution in [-0.2, 0) is 0 Å². The third-order valence-corrected chi connectivity index (χ3v) is 10.9. The van der Waals surface area contributed by atoms with Gasteiger partial charge in [-0.15, -0.1) is 0 Å². The van der Waals surface area contributed by atoms with Crippen LogP contribution in [0.25, 0.3) is 88.0 Å². The molecule has 0 saturated heterocycles. The number of anilines is 3. The molecule has 258 valence electrons. The predicted octanol–water partition coefficient (Wildman–Crippen LogP) is 15.1. The van der Waals surface area contributed by atoms with Crippen LogP contribution in [-0.4, -0.2) is 0 Å². The van der Waals surface area contributed by atoms with Crippen LogP contribution in [0.3, 0.4) is 0 Å². The molecule has 11 rings (SSSR count). The summed E-state index contributed by atoms with van der Waals surface area (Å²) in [6, 6.07) is 71.0. The molecule has 3 heteroatoms. The third kappa shape index (κ3) is 5.28. The summed E-state index contributed by atoms with van der Waals surface area (Å²) in [7, 11) is 0. The summed E-state index contributed by atoms with van der Waals surface area (Å²) >= 11 is 0. The molecule has 0 aliphatic carbocycles. The molecular formula is C52H33NO2. The van der Waals surface area contributed by atoms with Gasteiger partial charge in [0.25, 0.3) is 0 Å². The average Bonchev–Trinajstić information content (AvgIpc) is 3.83. The Morgan fingerprint density at radius 1 is 0.309 bits per heavy atom. The van der Waals surface area contributed by atoms with Crippen molar-refractivity contribution in [3.8, 4) is 33.4 Å². The first kappa shape index (κ1) is 31.2. The Labute approximate surface area is 317 Å². The molecule has 9 aromatic carbocycles. The lowest BCUT2D eigenvalue weighted by atomic mass is 9.97. The zero-order chi connectivity index (χ0) is 36.3. The molecular weight excluding hydrogens is 671 g/mol. The Morgan fingerprint density at radius 3 is 1.64 bits per heavy atom. The number of rotatable bonds is 6. The molecule has 2 aromatic heterocycles. The molecule has 0 unspecified atom stereocenters. The number of furan rings is 2. The van der Waals surface area contributed by atoms with Crippen LogP contribution in [0.15, 0.2) is 209 Å². The van der Waals surface area contributed by atoms with Gasteiger partial charge in [-0.1, -0.05) is 146 Å². The molecule has 0 N–H and O–H groups in total. The van der Waals surface area contributed by atoms with Gasteiger partial charge in [-0.2, -0.15) is 0 Å². The Bertz CT molecular complexity index is 3190. The topological polar surface area (TPSA) is 29.5 Å². The van der Waals surface area contributed by atoms with Crippen molar-refractivity contribution < 1.29 is 8.83 Å². The summed E-state index contributed by atoms with van der Waals surface area (Å²) < 4.78 is 13.1. The summed E-state index contributed by atoms with van der Waals surface area (Å²) in [6.45, 7) is 0. The highest BCUT2D eigenvalue weighted by Crippen LogP contribution is 2.48. The summed E-state index contributed by atoms with van der Waals surface area (Å²) in [5.74, 6) is 0. The SMILES string of the molecule is c1ccc(-c2ccc3c(oc4ccccc43)c2N(c2ccc(-c3ccc(-c4ccc5ccccc5c4)cc3)cc2)c2ccc3oc4ccccc4c3c2)cc1. The van der Waals surface area contributed by atoms with Crippen LogP contribution in [0.1, 0.15) is 0 Å². The van der Waals surface area contributed by atoms with Crippen LogP contribution in [0.5, 0.6) is 0 Å². The second-order valence-electron chi connectivity index (χ2n) is 14.1. The van der Waals surface area contributed by atoms with E-state index in [0.29, 0.717) is 0 Å². The molecule has 2 heterocycles. The van der Waals surface area contributed by atoms with Crippen molar-refractivity contribution in [2.24, 2.45) is 0 Å². The summed E-state index contributed by atoms with van der Waals surface area (Å²) in [5, 5.41) is 6.83. The minimum atomic E-state index is 0.841. The predicted molar refractivity (Wildman–Crippen MR) is 229 cm³/mol. The number of nitrogens with zero attached hydrogens (tertiary/aromatic N) is 1. The van der Waals surface area contributed by atoms with Crippen LogP contribution in [0.2, 0.25) is 0 Å². The summed E-state index contributed by atoms with van der Waals surface area (Å²) in [6.07, 6.45) is 0. The highest BCUT2D eigenvalue weighted by molar-refractivity contribution is 6.14. The lowest BCUT2D eigenvalue weighted by Crippen LogP contribution is -2.11. The van der Waals surface area contributed by atoms with Gasteiger partial charge in [0.2, 0.25) is 0 Å². The van der Waals surface area contributed by atoms with E-state index in [1.807, 2.05) is 18.2 Å². The second-order valence-corrected chi connectivity index (χ2v) is 14.1. The number of benzene rings is 9. The number of fused-ring (bicyclic) bond motifs is 7. The summed E-state index contributed by atoms with van der Waals surface area (Å²) in [5.41, 5.74) is 13.4. The van der Waals surface area contributed by atoms with Crippen LogP contribution in [0.4, 0.5) is 17.1 Å². The highest BCUT2D eigenvalue weighted by Gasteiger charge is 2.24. The van der Waals surface area contributed by atoms with Crippen LogP contribution in [0, 0.1) is 0 Å². The Morgan fingerprint density at radius 2 is 0.873 bits per heavy atom. The van der Waals surface area contributed by atoms with E-state index >= 15 is 0 Å². The second kappa shape index (κ2) is 12.6. The smallest absolute Gasteiger partial charge is 0.160 e. The fourth-order valence-electron chi connectivity index (χ4n) is 8.13. The normalized spacial score (nSPS) is 11.6. The Hall–Kier alpha value is -7.36. The molecule has 55 heavy (non-hydrogen) atoms. The van der Waals surface area contributed by atoms with Gasteiger partial charge < -0.3 is 13.7 Å². The fourth-order valence-corrected chi connectivity index (χ4v) is 8.13. The zero-order valence-electron chi connectivity index (χ0n) is 29.8. The molecule has 0 amide bonds. The van der Waals surface area contributed by atoms with E-state index in [0.717, 1.165) is 77.6 Å². The molecule has 0 bridgehead atoms. The number of hydrogen-bond donors (Lipinski definition) is 0.